The molecule has 3 rings (SSSR count). The van der Waals surface area contributed by atoms with E-state index in [-0.39, 0.29) is 11.5 Å². The summed E-state index contributed by atoms with van der Waals surface area (Å²) in [5.41, 5.74) is 5.32. The van der Waals surface area contributed by atoms with E-state index < -0.39 is 0 Å². The van der Waals surface area contributed by atoms with Crippen LogP contribution in [0.25, 0.3) is 0 Å². The van der Waals surface area contributed by atoms with Gasteiger partial charge in [-0.25, -0.2) is 0 Å². The minimum absolute atomic E-state index is 0.0209. The second kappa shape index (κ2) is 5.79. The third-order valence-electron chi connectivity index (χ3n) is 4.33. The molecule has 4 heteroatoms. The van der Waals surface area contributed by atoms with Gasteiger partial charge in [0.15, 0.2) is 0 Å². The fourth-order valence-electron chi connectivity index (χ4n) is 3.26. The summed E-state index contributed by atoms with van der Waals surface area (Å²) in [6.45, 7) is 1.51. The van der Waals surface area contributed by atoms with Gasteiger partial charge >= 0.3 is 0 Å². The third kappa shape index (κ3) is 2.26. The Bertz CT molecular complexity index is 519. The predicted molar refractivity (Wildman–Crippen MR) is 76.9 cm³/mol. The van der Waals surface area contributed by atoms with Crippen LogP contribution in [0.15, 0.2) is 53.3 Å². The van der Waals surface area contributed by atoms with Crippen molar-refractivity contribution in [2.75, 3.05) is 13.2 Å². The third-order valence-corrected chi connectivity index (χ3v) is 4.33. The van der Waals surface area contributed by atoms with E-state index in [9.17, 15) is 0 Å². The summed E-state index contributed by atoms with van der Waals surface area (Å²) < 4.78 is 10.8. The van der Waals surface area contributed by atoms with Gasteiger partial charge in [0.1, 0.15) is 0 Å². The summed E-state index contributed by atoms with van der Waals surface area (Å²) in [6.07, 6.45) is 5.34. The van der Waals surface area contributed by atoms with Gasteiger partial charge in [0, 0.05) is 24.2 Å². The SMILES string of the molecule is NNC(c1ccoc1)C1(c2ccccc2)CCOCC1. The molecular weight excluding hydrogens is 252 g/mol. The number of nitrogens with one attached hydrogen (secondary N) is 1. The van der Waals surface area contributed by atoms with Crippen molar-refractivity contribution in [2.24, 2.45) is 5.84 Å². The number of ether oxygens (including phenoxy) is 1. The maximum absolute atomic E-state index is 5.88. The van der Waals surface area contributed by atoms with Crippen molar-refractivity contribution in [3.8, 4) is 0 Å². The van der Waals surface area contributed by atoms with Crippen molar-refractivity contribution < 1.29 is 9.15 Å². The molecule has 1 atom stereocenters. The zero-order valence-electron chi connectivity index (χ0n) is 11.4. The highest BCUT2D eigenvalue weighted by Crippen LogP contribution is 2.44. The molecule has 4 nitrogen and oxygen atoms in total. The van der Waals surface area contributed by atoms with Crippen LogP contribution in [0, 0.1) is 0 Å². The summed E-state index contributed by atoms with van der Waals surface area (Å²) in [7, 11) is 0. The Kier molecular flexibility index (Phi) is 3.87. The number of rotatable bonds is 4. The van der Waals surface area contributed by atoms with Gasteiger partial charge in [0.25, 0.3) is 0 Å². The van der Waals surface area contributed by atoms with Gasteiger partial charge < -0.3 is 9.15 Å². The van der Waals surface area contributed by atoms with Crippen molar-refractivity contribution in [3.63, 3.8) is 0 Å². The molecule has 2 heterocycles. The van der Waals surface area contributed by atoms with Crippen molar-refractivity contribution in [3.05, 3.63) is 60.1 Å². The van der Waals surface area contributed by atoms with Crippen molar-refractivity contribution in [1.82, 2.24) is 5.43 Å². The molecule has 0 aliphatic carbocycles. The molecule has 1 aliphatic heterocycles. The number of hydrogen-bond acceptors (Lipinski definition) is 4. The van der Waals surface area contributed by atoms with Crippen LogP contribution in [0.1, 0.15) is 30.0 Å². The van der Waals surface area contributed by atoms with Crippen LogP contribution in [0.3, 0.4) is 0 Å². The van der Waals surface area contributed by atoms with Crippen LogP contribution in [0.5, 0.6) is 0 Å². The van der Waals surface area contributed by atoms with Crippen LogP contribution in [-0.2, 0) is 10.2 Å². The van der Waals surface area contributed by atoms with Gasteiger partial charge in [-0.2, -0.15) is 0 Å². The van der Waals surface area contributed by atoms with E-state index in [1.807, 2.05) is 12.1 Å². The Balaban J connectivity index is 2.05. The van der Waals surface area contributed by atoms with Crippen molar-refractivity contribution in [2.45, 2.75) is 24.3 Å². The first kappa shape index (κ1) is 13.4. The quantitative estimate of drug-likeness (QED) is 0.663. The van der Waals surface area contributed by atoms with Crippen molar-refractivity contribution in [1.29, 1.82) is 0 Å². The van der Waals surface area contributed by atoms with E-state index in [4.69, 9.17) is 15.0 Å². The second-order valence-electron chi connectivity index (χ2n) is 5.29. The molecule has 1 saturated heterocycles. The van der Waals surface area contributed by atoms with Gasteiger partial charge in [-0.1, -0.05) is 30.3 Å². The highest BCUT2D eigenvalue weighted by atomic mass is 16.5. The maximum atomic E-state index is 5.88. The highest BCUT2D eigenvalue weighted by molar-refractivity contribution is 5.32. The molecule has 1 aromatic heterocycles. The summed E-state index contributed by atoms with van der Waals surface area (Å²) >= 11 is 0. The highest BCUT2D eigenvalue weighted by Gasteiger charge is 2.42. The summed E-state index contributed by atoms with van der Waals surface area (Å²) in [6, 6.07) is 12.5. The van der Waals surface area contributed by atoms with Gasteiger partial charge in [-0.15, -0.1) is 0 Å². The van der Waals surface area contributed by atoms with E-state index in [0.717, 1.165) is 31.6 Å². The molecule has 2 aromatic rings. The Hall–Kier alpha value is -1.62. The molecule has 0 saturated carbocycles. The fourth-order valence-corrected chi connectivity index (χ4v) is 3.26. The minimum Gasteiger partial charge on any atom is -0.472 e. The fraction of sp³-hybridized carbons (Fsp3) is 0.375. The van der Waals surface area contributed by atoms with Crippen LogP contribution >= 0.6 is 0 Å². The molecule has 1 aliphatic rings. The molecular formula is C16H20N2O2. The van der Waals surface area contributed by atoms with Crippen LogP contribution in [-0.4, -0.2) is 13.2 Å². The largest absolute Gasteiger partial charge is 0.472 e. The molecule has 3 N–H and O–H groups in total. The summed E-state index contributed by atoms with van der Waals surface area (Å²) in [5, 5.41) is 0. The van der Waals surface area contributed by atoms with Crippen LogP contribution in [0.4, 0.5) is 0 Å². The molecule has 1 aromatic carbocycles. The Morgan fingerprint density at radius 2 is 1.85 bits per heavy atom. The van der Waals surface area contributed by atoms with E-state index in [2.05, 4.69) is 29.7 Å². The molecule has 0 amide bonds. The Labute approximate surface area is 118 Å². The minimum atomic E-state index is -0.0574. The maximum Gasteiger partial charge on any atom is 0.0951 e. The number of furan rings is 1. The molecule has 106 valence electrons. The van der Waals surface area contributed by atoms with Gasteiger partial charge in [-0.3, -0.25) is 11.3 Å². The Morgan fingerprint density at radius 3 is 2.45 bits per heavy atom. The molecule has 1 unspecified atom stereocenters. The monoisotopic (exact) mass is 272 g/mol. The predicted octanol–water partition coefficient (Wildman–Crippen LogP) is 2.53. The van der Waals surface area contributed by atoms with E-state index in [1.165, 1.54) is 5.56 Å². The molecule has 0 radical (unpaired) electrons. The normalized spacial score (nSPS) is 19.6. The first-order valence-electron chi connectivity index (χ1n) is 6.98. The lowest BCUT2D eigenvalue weighted by Crippen LogP contribution is -2.47. The van der Waals surface area contributed by atoms with Gasteiger partial charge in [0.2, 0.25) is 0 Å². The zero-order chi connectivity index (χ0) is 13.8. The Morgan fingerprint density at radius 1 is 1.10 bits per heavy atom. The van der Waals surface area contributed by atoms with Gasteiger partial charge in [0.05, 0.1) is 18.6 Å². The average Bonchev–Trinajstić information content (AvgIpc) is 3.04. The molecule has 20 heavy (non-hydrogen) atoms. The van der Waals surface area contributed by atoms with E-state index in [1.54, 1.807) is 12.5 Å². The number of nitrogens with two attached hydrogens (primary N) is 1. The second-order valence-corrected chi connectivity index (χ2v) is 5.29. The molecule has 0 spiro atoms. The number of benzene rings is 1. The first-order chi connectivity index (χ1) is 9.87. The van der Waals surface area contributed by atoms with Gasteiger partial charge in [-0.05, 0) is 24.5 Å². The van der Waals surface area contributed by atoms with E-state index in [0.29, 0.717) is 0 Å². The van der Waals surface area contributed by atoms with Crippen molar-refractivity contribution >= 4 is 0 Å². The topological polar surface area (TPSA) is 60.4 Å². The lowest BCUT2D eigenvalue weighted by molar-refractivity contribution is 0.0339. The first-order valence-corrected chi connectivity index (χ1v) is 6.98. The molecule has 0 bridgehead atoms. The lowest BCUT2D eigenvalue weighted by atomic mass is 9.67. The van der Waals surface area contributed by atoms with Crippen LogP contribution in [0.2, 0.25) is 0 Å². The van der Waals surface area contributed by atoms with E-state index >= 15 is 0 Å². The summed E-state index contributed by atoms with van der Waals surface area (Å²) in [4.78, 5) is 0. The van der Waals surface area contributed by atoms with Crippen LogP contribution < -0.4 is 11.3 Å². The smallest absolute Gasteiger partial charge is 0.0951 e. The lowest BCUT2D eigenvalue weighted by Gasteiger charge is -2.43. The molecule has 1 fully saturated rings. The standard InChI is InChI=1S/C16H20N2O2/c17-18-15(13-6-9-20-12-13)16(7-10-19-11-8-16)14-4-2-1-3-5-14/h1-6,9,12,15,18H,7-8,10-11,17H2. The average molecular weight is 272 g/mol. The number of hydrazine groups is 1. The number of hydrogen-bond donors (Lipinski definition) is 2. The summed E-state index contributed by atoms with van der Waals surface area (Å²) in [5.74, 6) is 5.88. The zero-order valence-corrected chi connectivity index (χ0v) is 11.4.